The third-order valence-corrected chi connectivity index (χ3v) is 3.64. The summed E-state index contributed by atoms with van der Waals surface area (Å²) < 4.78 is 0. The van der Waals surface area contributed by atoms with Crippen molar-refractivity contribution in [1.29, 1.82) is 0 Å². The molecule has 1 atom stereocenters. The van der Waals surface area contributed by atoms with Crippen molar-refractivity contribution >= 4 is 10.9 Å². The minimum Gasteiger partial charge on any atom is -0.382 e. The van der Waals surface area contributed by atoms with Gasteiger partial charge in [-0.1, -0.05) is 42.0 Å². The summed E-state index contributed by atoms with van der Waals surface area (Å²) in [7, 11) is 0. The molecule has 2 heteroatoms. The molecule has 1 heterocycles. The third kappa shape index (κ3) is 2.04. The summed E-state index contributed by atoms with van der Waals surface area (Å²) in [5.41, 5.74) is 5.22. The van der Waals surface area contributed by atoms with E-state index in [2.05, 4.69) is 37.0 Å². The van der Waals surface area contributed by atoms with Crippen molar-refractivity contribution < 1.29 is 5.11 Å². The molecule has 1 unspecified atom stereocenters. The molecular formula is C17H17NO. The van der Waals surface area contributed by atoms with E-state index in [1.165, 1.54) is 10.9 Å². The lowest BCUT2D eigenvalue weighted by Gasteiger charge is -2.10. The van der Waals surface area contributed by atoms with Gasteiger partial charge in [-0.05, 0) is 37.1 Å². The fourth-order valence-electron chi connectivity index (χ4n) is 2.54. The van der Waals surface area contributed by atoms with Gasteiger partial charge in [0.15, 0.2) is 0 Å². The van der Waals surface area contributed by atoms with Crippen LogP contribution in [-0.4, -0.2) is 10.1 Å². The third-order valence-electron chi connectivity index (χ3n) is 3.64. The molecule has 2 nitrogen and oxygen atoms in total. The summed E-state index contributed by atoms with van der Waals surface area (Å²) in [6.45, 7) is 4.14. The molecule has 96 valence electrons. The van der Waals surface area contributed by atoms with Crippen molar-refractivity contribution in [2.45, 2.75) is 20.0 Å². The number of fused-ring (bicyclic) bond motifs is 1. The quantitative estimate of drug-likeness (QED) is 0.712. The maximum absolute atomic E-state index is 10.5. The summed E-state index contributed by atoms with van der Waals surface area (Å²) in [6.07, 6.45) is -0.603. The average molecular weight is 251 g/mol. The molecule has 0 fully saturated rings. The molecular weight excluding hydrogens is 234 g/mol. The van der Waals surface area contributed by atoms with Crippen LogP contribution in [0.15, 0.2) is 48.5 Å². The number of aliphatic hydroxyl groups excluding tert-OH is 1. The highest BCUT2D eigenvalue weighted by molar-refractivity contribution is 5.85. The first-order chi connectivity index (χ1) is 9.16. The molecule has 0 spiro atoms. The highest BCUT2D eigenvalue weighted by atomic mass is 16.3. The van der Waals surface area contributed by atoms with E-state index in [1.54, 1.807) is 0 Å². The second kappa shape index (κ2) is 4.56. The Labute approximate surface area is 112 Å². The Balaban J connectivity index is 2.13. The molecule has 3 rings (SSSR count). The van der Waals surface area contributed by atoms with E-state index in [9.17, 15) is 5.11 Å². The van der Waals surface area contributed by atoms with Gasteiger partial charge in [-0.15, -0.1) is 0 Å². The Morgan fingerprint density at radius 1 is 1.00 bits per heavy atom. The fourth-order valence-corrected chi connectivity index (χ4v) is 2.54. The number of hydrogen-bond donors (Lipinski definition) is 2. The first-order valence-electron chi connectivity index (χ1n) is 6.48. The van der Waals surface area contributed by atoms with Gasteiger partial charge in [0.2, 0.25) is 0 Å². The predicted octanol–water partition coefficient (Wildman–Crippen LogP) is 3.87. The van der Waals surface area contributed by atoms with Crippen molar-refractivity contribution in [3.63, 3.8) is 0 Å². The number of benzene rings is 2. The fraction of sp³-hybridized carbons (Fsp3) is 0.176. The summed E-state index contributed by atoms with van der Waals surface area (Å²) in [5, 5.41) is 11.7. The Hall–Kier alpha value is -2.06. The summed E-state index contributed by atoms with van der Waals surface area (Å²) in [6, 6.07) is 16.0. The molecule has 19 heavy (non-hydrogen) atoms. The highest BCUT2D eigenvalue weighted by Crippen LogP contribution is 2.30. The van der Waals surface area contributed by atoms with Gasteiger partial charge in [0.1, 0.15) is 6.10 Å². The first-order valence-corrected chi connectivity index (χ1v) is 6.48. The minimum absolute atomic E-state index is 0.603. The van der Waals surface area contributed by atoms with E-state index in [1.807, 2.05) is 30.3 Å². The molecule has 0 aliphatic heterocycles. The van der Waals surface area contributed by atoms with Gasteiger partial charge in [-0.3, -0.25) is 0 Å². The molecule has 0 radical (unpaired) electrons. The lowest BCUT2D eigenvalue weighted by molar-refractivity contribution is 0.215. The Bertz CT molecular complexity index is 713. The van der Waals surface area contributed by atoms with E-state index >= 15 is 0 Å². The smallest absolute Gasteiger partial charge is 0.119 e. The van der Waals surface area contributed by atoms with Crippen LogP contribution in [-0.2, 0) is 0 Å². The topological polar surface area (TPSA) is 36.0 Å². The Morgan fingerprint density at radius 2 is 1.74 bits per heavy atom. The maximum Gasteiger partial charge on any atom is 0.119 e. The van der Waals surface area contributed by atoms with Crippen LogP contribution in [0.3, 0.4) is 0 Å². The van der Waals surface area contributed by atoms with Gasteiger partial charge in [-0.2, -0.15) is 0 Å². The van der Waals surface area contributed by atoms with E-state index in [0.29, 0.717) is 0 Å². The van der Waals surface area contributed by atoms with Gasteiger partial charge in [0.25, 0.3) is 0 Å². The molecule has 3 aromatic rings. The van der Waals surface area contributed by atoms with Crippen LogP contribution in [0.5, 0.6) is 0 Å². The Morgan fingerprint density at radius 3 is 2.47 bits per heavy atom. The number of rotatable bonds is 2. The number of aryl methyl sites for hydroxylation is 2. The summed E-state index contributed by atoms with van der Waals surface area (Å²) in [4.78, 5) is 3.34. The van der Waals surface area contributed by atoms with Crippen LogP contribution in [0.2, 0.25) is 0 Å². The van der Waals surface area contributed by atoms with Crippen LogP contribution in [0.25, 0.3) is 10.9 Å². The van der Waals surface area contributed by atoms with E-state index < -0.39 is 6.10 Å². The van der Waals surface area contributed by atoms with Gasteiger partial charge in [0.05, 0.1) is 5.69 Å². The SMILES string of the molecule is Cc1ccc2[nH]c(C(O)c3ccccc3)c(C)c2c1. The van der Waals surface area contributed by atoms with Crippen molar-refractivity contribution in [1.82, 2.24) is 4.98 Å². The van der Waals surface area contributed by atoms with E-state index in [0.717, 1.165) is 22.3 Å². The maximum atomic E-state index is 10.5. The summed E-state index contributed by atoms with van der Waals surface area (Å²) >= 11 is 0. The van der Waals surface area contributed by atoms with E-state index in [4.69, 9.17) is 0 Å². The minimum atomic E-state index is -0.603. The van der Waals surface area contributed by atoms with Crippen LogP contribution in [0, 0.1) is 13.8 Å². The number of nitrogens with one attached hydrogen (secondary N) is 1. The zero-order valence-electron chi connectivity index (χ0n) is 11.1. The van der Waals surface area contributed by atoms with Gasteiger partial charge in [-0.25, -0.2) is 0 Å². The molecule has 0 saturated heterocycles. The number of aromatic amines is 1. The number of hydrogen-bond acceptors (Lipinski definition) is 1. The Kier molecular flexibility index (Phi) is 2.88. The van der Waals surface area contributed by atoms with Gasteiger partial charge in [0, 0.05) is 10.9 Å². The van der Waals surface area contributed by atoms with Crippen molar-refractivity contribution in [2.75, 3.05) is 0 Å². The standard InChI is InChI=1S/C17H17NO/c1-11-8-9-15-14(10-11)12(2)16(18-15)17(19)13-6-4-3-5-7-13/h3-10,17-19H,1-2H3. The molecule has 1 aromatic heterocycles. The monoisotopic (exact) mass is 251 g/mol. The van der Waals surface area contributed by atoms with Gasteiger partial charge >= 0.3 is 0 Å². The molecule has 2 N–H and O–H groups in total. The summed E-state index contributed by atoms with van der Waals surface area (Å²) in [5.74, 6) is 0. The zero-order valence-corrected chi connectivity index (χ0v) is 11.1. The molecule has 0 amide bonds. The van der Waals surface area contributed by atoms with Gasteiger partial charge < -0.3 is 10.1 Å². The van der Waals surface area contributed by atoms with Crippen molar-refractivity contribution in [2.24, 2.45) is 0 Å². The molecule has 0 bridgehead atoms. The molecule has 0 aliphatic carbocycles. The van der Waals surface area contributed by atoms with Crippen molar-refractivity contribution in [3.8, 4) is 0 Å². The lowest BCUT2D eigenvalue weighted by Crippen LogP contribution is -2.01. The number of aromatic nitrogens is 1. The number of aliphatic hydroxyl groups is 1. The predicted molar refractivity (Wildman–Crippen MR) is 78.3 cm³/mol. The normalized spacial score (nSPS) is 12.8. The largest absolute Gasteiger partial charge is 0.382 e. The second-order valence-electron chi connectivity index (χ2n) is 5.03. The number of H-pyrrole nitrogens is 1. The van der Waals surface area contributed by atoms with Crippen LogP contribution >= 0.6 is 0 Å². The van der Waals surface area contributed by atoms with Crippen molar-refractivity contribution in [3.05, 3.63) is 70.9 Å². The zero-order chi connectivity index (χ0) is 13.4. The molecule has 0 saturated carbocycles. The van der Waals surface area contributed by atoms with Crippen LogP contribution in [0.1, 0.15) is 28.5 Å². The average Bonchev–Trinajstić information content (AvgIpc) is 2.76. The van der Waals surface area contributed by atoms with E-state index in [-0.39, 0.29) is 0 Å². The lowest BCUT2D eigenvalue weighted by atomic mass is 10.0. The first kappa shape index (κ1) is 12.0. The van der Waals surface area contributed by atoms with Crippen LogP contribution < -0.4 is 0 Å². The van der Waals surface area contributed by atoms with Crippen LogP contribution in [0.4, 0.5) is 0 Å². The molecule has 2 aromatic carbocycles. The highest BCUT2D eigenvalue weighted by Gasteiger charge is 2.16. The second-order valence-corrected chi connectivity index (χ2v) is 5.03. The molecule has 0 aliphatic rings.